The monoisotopic (exact) mass is 135 g/mol. The van der Waals surface area contributed by atoms with E-state index in [9.17, 15) is 0 Å². The zero-order valence-corrected chi connectivity index (χ0v) is 6.42. The summed E-state index contributed by atoms with van der Waals surface area (Å²) < 4.78 is 0. The van der Waals surface area contributed by atoms with Crippen LogP contribution in [0.3, 0.4) is 0 Å². The van der Waals surface area contributed by atoms with Crippen LogP contribution >= 0.6 is 0 Å². The van der Waals surface area contributed by atoms with Crippen molar-refractivity contribution in [3.63, 3.8) is 0 Å². The minimum atomic E-state index is 1.07. The highest BCUT2D eigenvalue weighted by atomic mass is 14.5. The highest BCUT2D eigenvalue weighted by Crippen LogP contribution is 2.58. The summed E-state index contributed by atoms with van der Waals surface area (Å²) in [6.45, 7) is 0. The van der Waals surface area contributed by atoms with Crippen molar-refractivity contribution in [1.82, 2.24) is 0 Å². The third-order valence-corrected chi connectivity index (χ3v) is 4.10. The molecule has 0 saturated heterocycles. The van der Waals surface area contributed by atoms with Crippen LogP contribution in [0.5, 0.6) is 0 Å². The molecule has 0 aromatic rings. The average molecular weight is 135 g/mol. The average Bonchev–Trinajstić information content (AvgIpc) is 2.60. The molecule has 0 heterocycles. The molecule has 2 bridgehead atoms. The van der Waals surface area contributed by atoms with Crippen LogP contribution in [0, 0.1) is 30.1 Å². The van der Waals surface area contributed by atoms with E-state index in [4.69, 9.17) is 0 Å². The first-order valence-electron chi connectivity index (χ1n) is 4.78. The van der Waals surface area contributed by atoms with E-state index >= 15 is 0 Å². The van der Waals surface area contributed by atoms with Gasteiger partial charge >= 0.3 is 0 Å². The fourth-order valence-corrected chi connectivity index (χ4v) is 3.73. The molecule has 4 atom stereocenters. The van der Waals surface area contributed by atoms with Crippen LogP contribution in [-0.2, 0) is 0 Å². The molecule has 3 fully saturated rings. The molecule has 3 aliphatic rings. The Morgan fingerprint density at radius 1 is 1.10 bits per heavy atom. The van der Waals surface area contributed by atoms with Crippen LogP contribution in [0.2, 0.25) is 0 Å². The van der Waals surface area contributed by atoms with Gasteiger partial charge in [0.2, 0.25) is 0 Å². The van der Waals surface area contributed by atoms with Crippen molar-refractivity contribution in [3.05, 3.63) is 6.42 Å². The zero-order valence-electron chi connectivity index (χ0n) is 6.42. The molecule has 0 amide bonds. The van der Waals surface area contributed by atoms with E-state index < -0.39 is 0 Å². The SMILES string of the molecule is [CH]1CC2CC1C1CCCC21. The zero-order chi connectivity index (χ0) is 6.55. The first-order valence-corrected chi connectivity index (χ1v) is 4.78. The third-order valence-electron chi connectivity index (χ3n) is 4.10. The van der Waals surface area contributed by atoms with Crippen molar-refractivity contribution in [2.24, 2.45) is 23.7 Å². The van der Waals surface area contributed by atoms with Gasteiger partial charge < -0.3 is 0 Å². The second-order valence-electron chi connectivity index (χ2n) is 4.39. The number of rotatable bonds is 0. The van der Waals surface area contributed by atoms with Gasteiger partial charge in [0, 0.05) is 0 Å². The maximum absolute atomic E-state index is 2.61. The van der Waals surface area contributed by atoms with Crippen molar-refractivity contribution < 1.29 is 0 Å². The van der Waals surface area contributed by atoms with Gasteiger partial charge in [-0.1, -0.05) is 6.42 Å². The maximum atomic E-state index is 2.61. The van der Waals surface area contributed by atoms with Gasteiger partial charge in [-0.2, -0.15) is 0 Å². The lowest BCUT2D eigenvalue weighted by Crippen LogP contribution is -2.16. The molecule has 55 valence electrons. The first kappa shape index (κ1) is 5.62. The predicted octanol–water partition coefficient (Wildman–Crippen LogP) is 2.65. The highest BCUT2D eigenvalue weighted by molar-refractivity contribution is 5.06. The van der Waals surface area contributed by atoms with Crippen molar-refractivity contribution in [2.45, 2.75) is 32.1 Å². The normalized spacial score (nSPS) is 57.6. The van der Waals surface area contributed by atoms with Gasteiger partial charge in [0.05, 0.1) is 0 Å². The van der Waals surface area contributed by atoms with Gasteiger partial charge in [-0.15, -0.1) is 0 Å². The number of hydrogen-bond acceptors (Lipinski definition) is 0. The Bertz CT molecular complexity index is 134. The highest BCUT2D eigenvalue weighted by Gasteiger charge is 2.48. The first-order chi connectivity index (χ1) is 4.95. The molecule has 1 radical (unpaired) electrons. The Kier molecular flexibility index (Phi) is 1.00. The van der Waals surface area contributed by atoms with Crippen molar-refractivity contribution in [1.29, 1.82) is 0 Å². The quantitative estimate of drug-likeness (QED) is 0.479. The summed E-state index contributed by atoms with van der Waals surface area (Å²) in [5.41, 5.74) is 0. The smallest absolute Gasteiger partial charge is 0.0349 e. The predicted molar refractivity (Wildman–Crippen MR) is 41.3 cm³/mol. The molecule has 0 aromatic carbocycles. The summed E-state index contributed by atoms with van der Waals surface area (Å²) >= 11 is 0. The maximum Gasteiger partial charge on any atom is -0.0349 e. The molecule has 0 aliphatic heterocycles. The third kappa shape index (κ3) is 0.538. The molecular formula is C10H15. The van der Waals surface area contributed by atoms with Gasteiger partial charge in [0.25, 0.3) is 0 Å². The van der Waals surface area contributed by atoms with Gasteiger partial charge in [-0.05, 0) is 55.8 Å². The number of fused-ring (bicyclic) bond motifs is 5. The summed E-state index contributed by atoms with van der Waals surface area (Å²) in [4.78, 5) is 0. The van der Waals surface area contributed by atoms with Crippen LogP contribution in [0.1, 0.15) is 32.1 Å². The molecule has 3 aliphatic carbocycles. The van der Waals surface area contributed by atoms with E-state index in [2.05, 4.69) is 6.42 Å². The van der Waals surface area contributed by atoms with E-state index in [1.54, 1.807) is 19.3 Å². The lowest BCUT2D eigenvalue weighted by atomic mass is 9.82. The summed E-state index contributed by atoms with van der Waals surface area (Å²) in [6, 6.07) is 0. The summed E-state index contributed by atoms with van der Waals surface area (Å²) in [7, 11) is 0. The van der Waals surface area contributed by atoms with Crippen LogP contribution < -0.4 is 0 Å². The largest absolute Gasteiger partial charge is 0.0527 e. The summed E-state index contributed by atoms with van der Waals surface area (Å²) in [5.74, 6) is 4.53. The fraction of sp³-hybridized carbons (Fsp3) is 0.900. The summed E-state index contributed by atoms with van der Waals surface area (Å²) in [5, 5.41) is 0. The molecule has 3 saturated carbocycles. The molecule has 10 heavy (non-hydrogen) atoms. The van der Waals surface area contributed by atoms with E-state index in [0.717, 1.165) is 17.8 Å². The Morgan fingerprint density at radius 2 is 2.00 bits per heavy atom. The van der Waals surface area contributed by atoms with Crippen molar-refractivity contribution in [3.8, 4) is 0 Å². The Balaban J connectivity index is 1.92. The van der Waals surface area contributed by atoms with E-state index in [1.165, 1.54) is 18.8 Å². The molecule has 4 unspecified atom stereocenters. The summed E-state index contributed by atoms with van der Waals surface area (Å²) in [6.07, 6.45) is 10.3. The standard InChI is InChI=1S/C10H15/c1-2-9-7-4-5-8(6-7)10(9)3-1/h4,7-10H,1-3,5-6H2. The lowest BCUT2D eigenvalue weighted by Gasteiger charge is -2.23. The Morgan fingerprint density at radius 3 is 2.90 bits per heavy atom. The molecule has 0 N–H and O–H groups in total. The fourth-order valence-electron chi connectivity index (χ4n) is 3.73. The molecule has 0 heteroatoms. The second kappa shape index (κ2) is 1.78. The van der Waals surface area contributed by atoms with E-state index in [0.29, 0.717) is 0 Å². The van der Waals surface area contributed by atoms with Gasteiger partial charge in [-0.3, -0.25) is 0 Å². The van der Waals surface area contributed by atoms with Crippen molar-refractivity contribution in [2.75, 3.05) is 0 Å². The van der Waals surface area contributed by atoms with Crippen LogP contribution in [0.25, 0.3) is 0 Å². The molecular weight excluding hydrogens is 120 g/mol. The van der Waals surface area contributed by atoms with Gasteiger partial charge in [0.15, 0.2) is 0 Å². The van der Waals surface area contributed by atoms with Crippen LogP contribution in [-0.4, -0.2) is 0 Å². The van der Waals surface area contributed by atoms with E-state index in [-0.39, 0.29) is 0 Å². The van der Waals surface area contributed by atoms with Crippen molar-refractivity contribution >= 4 is 0 Å². The van der Waals surface area contributed by atoms with Gasteiger partial charge in [0.1, 0.15) is 0 Å². The van der Waals surface area contributed by atoms with E-state index in [1.807, 2.05) is 0 Å². The molecule has 3 rings (SSSR count). The molecule has 0 nitrogen and oxygen atoms in total. The topological polar surface area (TPSA) is 0 Å². The van der Waals surface area contributed by atoms with Crippen LogP contribution in [0.15, 0.2) is 0 Å². The minimum absolute atomic E-state index is 1.07. The number of hydrogen-bond donors (Lipinski definition) is 0. The lowest BCUT2D eigenvalue weighted by molar-refractivity contribution is 0.301. The Labute approximate surface area is 63.0 Å². The Hall–Kier alpha value is 0. The minimum Gasteiger partial charge on any atom is -0.0527 e. The van der Waals surface area contributed by atoms with Crippen LogP contribution in [0.4, 0.5) is 0 Å². The molecule has 0 spiro atoms. The van der Waals surface area contributed by atoms with Gasteiger partial charge in [-0.25, -0.2) is 0 Å². The molecule has 0 aromatic heterocycles. The second-order valence-corrected chi connectivity index (χ2v) is 4.39.